The summed E-state index contributed by atoms with van der Waals surface area (Å²) in [7, 11) is 0. The topological polar surface area (TPSA) is 64.0 Å². The number of benzene rings is 2. The molecule has 0 fully saturated rings. The molecule has 5 nitrogen and oxygen atoms in total. The smallest absolute Gasteiger partial charge is 0.237 e. The fourth-order valence-electron chi connectivity index (χ4n) is 2.88. The molecular weight excluding hydrogens is 370 g/mol. The molecule has 28 heavy (non-hydrogen) atoms. The molecule has 144 valence electrons. The number of nitrogens with one attached hydrogen (secondary N) is 1. The zero-order chi connectivity index (χ0) is 20.3. The predicted octanol–water partition coefficient (Wildman–Crippen LogP) is 4.81. The van der Waals surface area contributed by atoms with Crippen molar-refractivity contribution < 1.29 is 9.59 Å². The number of hydrogen-bond donors (Lipinski definition) is 1. The van der Waals surface area contributed by atoms with E-state index in [2.05, 4.69) is 42.3 Å². The first-order valence-electron chi connectivity index (χ1n) is 9.04. The van der Waals surface area contributed by atoms with E-state index in [9.17, 15) is 9.59 Å². The van der Waals surface area contributed by atoms with Crippen molar-refractivity contribution in [3.05, 3.63) is 71.5 Å². The third kappa shape index (κ3) is 4.51. The van der Waals surface area contributed by atoms with Crippen LogP contribution in [0, 0.1) is 13.8 Å². The third-order valence-corrected chi connectivity index (χ3v) is 5.51. The molecule has 3 rings (SSSR count). The Balaban J connectivity index is 1.71. The van der Waals surface area contributed by atoms with Crippen LogP contribution in [0.15, 0.2) is 60.0 Å². The van der Waals surface area contributed by atoms with Crippen molar-refractivity contribution in [2.75, 3.05) is 5.32 Å². The average molecular weight is 394 g/mol. The molecule has 0 saturated carbocycles. The molecule has 0 aliphatic rings. The van der Waals surface area contributed by atoms with Crippen molar-refractivity contribution in [3.63, 3.8) is 0 Å². The molecule has 2 aromatic carbocycles. The van der Waals surface area contributed by atoms with Gasteiger partial charge in [0.1, 0.15) is 0 Å². The fraction of sp³-hybridized carbons (Fsp3) is 0.227. The van der Waals surface area contributed by atoms with Crippen molar-refractivity contribution in [2.45, 2.75) is 38.1 Å². The number of amides is 1. The Morgan fingerprint density at radius 2 is 1.82 bits per heavy atom. The minimum absolute atomic E-state index is 0.0000330. The molecule has 1 amide bonds. The van der Waals surface area contributed by atoms with Crippen LogP contribution in [0.5, 0.6) is 0 Å². The lowest BCUT2D eigenvalue weighted by atomic mass is 10.1. The quantitative estimate of drug-likeness (QED) is 0.482. The van der Waals surface area contributed by atoms with Gasteiger partial charge in [-0.2, -0.15) is 0 Å². The first-order chi connectivity index (χ1) is 13.3. The largest absolute Gasteiger partial charge is 0.325 e. The third-order valence-electron chi connectivity index (χ3n) is 4.43. The Morgan fingerprint density at radius 1 is 1.11 bits per heavy atom. The van der Waals surface area contributed by atoms with Crippen LogP contribution in [0.3, 0.4) is 0 Å². The van der Waals surface area contributed by atoms with Crippen LogP contribution in [0.2, 0.25) is 0 Å². The van der Waals surface area contributed by atoms with E-state index in [0.29, 0.717) is 11.3 Å². The number of ketones is 1. The van der Waals surface area contributed by atoms with Gasteiger partial charge in [-0.05, 0) is 63.6 Å². The van der Waals surface area contributed by atoms with E-state index in [1.807, 2.05) is 17.7 Å². The first kappa shape index (κ1) is 19.9. The first-order valence-corrected chi connectivity index (χ1v) is 9.92. The summed E-state index contributed by atoms with van der Waals surface area (Å²) in [4.78, 5) is 28.4. The van der Waals surface area contributed by atoms with Crippen molar-refractivity contribution in [3.8, 4) is 5.69 Å². The van der Waals surface area contributed by atoms with E-state index >= 15 is 0 Å². The molecule has 0 bridgehead atoms. The maximum atomic E-state index is 12.6. The van der Waals surface area contributed by atoms with Gasteiger partial charge in [-0.3, -0.25) is 14.2 Å². The van der Waals surface area contributed by atoms with E-state index < -0.39 is 0 Å². The lowest BCUT2D eigenvalue weighted by Crippen LogP contribution is -2.22. The van der Waals surface area contributed by atoms with Crippen molar-refractivity contribution in [2.24, 2.45) is 0 Å². The molecule has 1 atom stereocenters. The second-order valence-electron chi connectivity index (χ2n) is 6.75. The zero-order valence-corrected chi connectivity index (χ0v) is 17.2. The zero-order valence-electron chi connectivity index (χ0n) is 16.4. The minimum atomic E-state index is -0.334. The van der Waals surface area contributed by atoms with E-state index in [1.54, 1.807) is 30.5 Å². The molecule has 3 aromatic rings. The van der Waals surface area contributed by atoms with E-state index in [1.165, 1.54) is 24.2 Å². The summed E-state index contributed by atoms with van der Waals surface area (Å²) in [5.74, 6) is -0.115. The van der Waals surface area contributed by atoms with Gasteiger partial charge < -0.3 is 5.32 Å². The normalized spacial score (nSPS) is 11.9. The van der Waals surface area contributed by atoms with E-state index in [-0.39, 0.29) is 16.9 Å². The number of nitrogens with zero attached hydrogens (tertiary/aromatic N) is 2. The number of rotatable bonds is 6. The molecule has 1 aromatic heterocycles. The van der Waals surface area contributed by atoms with Gasteiger partial charge in [0.05, 0.1) is 10.9 Å². The van der Waals surface area contributed by atoms with Gasteiger partial charge in [0.2, 0.25) is 5.91 Å². The Kier molecular flexibility index (Phi) is 5.99. The highest BCUT2D eigenvalue weighted by molar-refractivity contribution is 8.00. The van der Waals surface area contributed by atoms with Gasteiger partial charge in [0.15, 0.2) is 10.9 Å². The molecular formula is C22H23N3O2S. The minimum Gasteiger partial charge on any atom is -0.325 e. The maximum absolute atomic E-state index is 12.6. The molecule has 0 unspecified atom stereocenters. The predicted molar refractivity (Wildman–Crippen MR) is 113 cm³/mol. The number of Topliss-reactive ketones (excluding diaryl/α,β-unsaturated/α-hetero) is 1. The van der Waals surface area contributed by atoms with Crippen LogP contribution in [-0.2, 0) is 4.79 Å². The Morgan fingerprint density at radius 3 is 2.46 bits per heavy atom. The maximum Gasteiger partial charge on any atom is 0.237 e. The lowest BCUT2D eigenvalue weighted by molar-refractivity contribution is -0.115. The van der Waals surface area contributed by atoms with Crippen molar-refractivity contribution in [1.82, 2.24) is 9.55 Å². The highest BCUT2D eigenvalue weighted by Crippen LogP contribution is 2.27. The summed E-state index contributed by atoms with van der Waals surface area (Å²) in [5.41, 5.74) is 4.70. The molecule has 0 spiro atoms. The number of hydrogen-bond acceptors (Lipinski definition) is 4. The number of carbonyl (C=O) groups is 2. The fourth-order valence-corrected chi connectivity index (χ4v) is 3.76. The SMILES string of the molecule is CC(=O)c1ccc(NC(=O)[C@H](C)Sc2nccn2-c2ccc(C)cc2C)cc1. The molecule has 1 heterocycles. The standard InChI is InChI=1S/C22H23N3O2S/c1-14-5-10-20(15(2)13-14)25-12-11-23-22(25)28-17(4)21(27)24-19-8-6-18(7-9-19)16(3)26/h5-13,17H,1-4H3,(H,24,27)/t17-/m0/s1. The van der Waals surface area contributed by atoms with E-state index in [0.717, 1.165) is 16.4 Å². The van der Waals surface area contributed by atoms with Gasteiger partial charge in [-0.25, -0.2) is 4.98 Å². The van der Waals surface area contributed by atoms with Crippen LogP contribution in [-0.4, -0.2) is 26.5 Å². The molecule has 0 radical (unpaired) electrons. The van der Waals surface area contributed by atoms with Crippen LogP contribution < -0.4 is 5.32 Å². The molecule has 0 aliphatic heterocycles. The number of carbonyl (C=O) groups excluding carboxylic acids is 2. The van der Waals surface area contributed by atoms with Gasteiger partial charge >= 0.3 is 0 Å². The number of aromatic nitrogens is 2. The second kappa shape index (κ2) is 8.44. The molecule has 0 saturated heterocycles. The molecule has 6 heteroatoms. The summed E-state index contributed by atoms with van der Waals surface area (Å²) in [6.45, 7) is 7.50. The van der Waals surface area contributed by atoms with Crippen molar-refractivity contribution >= 4 is 29.1 Å². The second-order valence-corrected chi connectivity index (χ2v) is 8.06. The highest BCUT2D eigenvalue weighted by atomic mass is 32.2. The lowest BCUT2D eigenvalue weighted by Gasteiger charge is -2.15. The molecule has 1 N–H and O–H groups in total. The number of anilines is 1. The summed E-state index contributed by atoms with van der Waals surface area (Å²) in [6.07, 6.45) is 3.65. The van der Waals surface area contributed by atoms with Gasteiger partial charge in [-0.1, -0.05) is 29.5 Å². The van der Waals surface area contributed by atoms with Crippen LogP contribution in [0.25, 0.3) is 5.69 Å². The number of thioether (sulfide) groups is 1. The van der Waals surface area contributed by atoms with Crippen LogP contribution >= 0.6 is 11.8 Å². The average Bonchev–Trinajstić information content (AvgIpc) is 3.10. The van der Waals surface area contributed by atoms with Gasteiger partial charge in [0, 0.05) is 23.6 Å². The summed E-state index contributed by atoms with van der Waals surface area (Å²) >= 11 is 1.41. The van der Waals surface area contributed by atoms with Crippen molar-refractivity contribution in [1.29, 1.82) is 0 Å². The summed E-state index contributed by atoms with van der Waals surface area (Å²) in [6, 6.07) is 13.2. The van der Waals surface area contributed by atoms with Gasteiger partial charge in [0.25, 0.3) is 0 Å². The van der Waals surface area contributed by atoms with Crippen LogP contribution in [0.4, 0.5) is 5.69 Å². The highest BCUT2D eigenvalue weighted by Gasteiger charge is 2.18. The Labute approximate surface area is 169 Å². The molecule has 0 aliphatic carbocycles. The number of aryl methyl sites for hydroxylation is 2. The summed E-state index contributed by atoms with van der Waals surface area (Å²) in [5, 5.41) is 3.32. The Bertz CT molecular complexity index is 1010. The monoisotopic (exact) mass is 393 g/mol. The Hall–Kier alpha value is -2.86. The van der Waals surface area contributed by atoms with Crippen LogP contribution in [0.1, 0.15) is 35.3 Å². The van der Waals surface area contributed by atoms with E-state index in [4.69, 9.17) is 0 Å². The summed E-state index contributed by atoms with van der Waals surface area (Å²) < 4.78 is 2.00. The van der Waals surface area contributed by atoms with Gasteiger partial charge in [-0.15, -0.1) is 0 Å². The number of imidazole rings is 1.